The van der Waals surface area contributed by atoms with Gasteiger partial charge in [-0.2, -0.15) is 0 Å². The number of carbonyl (C=O) groups excluding carboxylic acids is 2. The molecule has 1 unspecified atom stereocenters. The van der Waals surface area contributed by atoms with Gasteiger partial charge in [-0.25, -0.2) is 0 Å². The van der Waals surface area contributed by atoms with E-state index in [2.05, 4.69) is 50.5 Å². The Labute approximate surface area is 192 Å². The van der Waals surface area contributed by atoms with E-state index in [-0.39, 0.29) is 23.2 Å². The molecule has 0 fully saturated rings. The minimum Gasteiger partial charge on any atom is -0.390 e. The maximum atomic E-state index is 12.8. The van der Waals surface area contributed by atoms with E-state index in [0.717, 1.165) is 59.2 Å². The Hall–Kier alpha value is -2.95. The smallest absolute Gasteiger partial charge is 0.191 e. The number of carbonyl (C=O) groups is 2. The summed E-state index contributed by atoms with van der Waals surface area (Å²) >= 11 is 0. The molecule has 1 atom stereocenters. The first-order chi connectivity index (χ1) is 15.2. The minimum absolute atomic E-state index is 0.0627. The van der Waals surface area contributed by atoms with Crippen LogP contribution in [0.3, 0.4) is 0 Å². The van der Waals surface area contributed by atoms with Gasteiger partial charge in [-0.1, -0.05) is 39.8 Å². The highest BCUT2D eigenvalue weighted by atomic mass is 16.1. The number of nitrogens with one attached hydrogen (secondary N) is 3. The highest BCUT2D eigenvalue weighted by molar-refractivity contribution is 6.24. The molecule has 1 aliphatic heterocycles. The van der Waals surface area contributed by atoms with E-state index in [4.69, 9.17) is 5.41 Å². The van der Waals surface area contributed by atoms with Gasteiger partial charge >= 0.3 is 0 Å². The van der Waals surface area contributed by atoms with Crippen molar-refractivity contribution in [2.45, 2.75) is 66.8 Å². The standard InChI is InChI=1S/C27H37N3O2/c1-7-9-29-15-22(14-28)24-12-21-13-26(17(3)4)30-16-25(19(6)31)27(32)10-18(5)23(21)11-20(24)8-2/h10-12,14-17,26,28-30H,7-9,13H2,1-6H3/b18-10+,22-15+,25-16-,28-14?. The molecular weight excluding hydrogens is 398 g/mol. The number of rotatable bonds is 8. The van der Waals surface area contributed by atoms with Gasteiger partial charge in [0.15, 0.2) is 11.6 Å². The van der Waals surface area contributed by atoms with Gasteiger partial charge in [-0.3, -0.25) is 9.59 Å². The van der Waals surface area contributed by atoms with Crippen LogP contribution in [0.15, 0.2) is 36.2 Å². The third kappa shape index (κ3) is 6.06. The first-order valence-corrected chi connectivity index (χ1v) is 11.5. The molecule has 1 aromatic rings. The molecule has 0 amide bonds. The average Bonchev–Trinajstić information content (AvgIpc) is 2.75. The van der Waals surface area contributed by atoms with E-state index >= 15 is 0 Å². The van der Waals surface area contributed by atoms with Crippen molar-refractivity contribution in [2.24, 2.45) is 5.92 Å². The van der Waals surface area contributed by atoms with Crippen LogP contribution in [0, 0.1) is 11.3 Å². The Morgan fingerprint density at radius 1 is 1.31 bits per heavy atom. The lowest BCUT2D eigenvalue weighted by molar-refractivity contribution is -0.118. The lowest BCUT2D eigenvalue weighted by Gasteiger charge is -2.26. The van der Waals surface area contributed by atoms with Crippen molar-refractivity contribution in [1.29, 1.82) is 5.41 Å². The highest BCUT2D eigenvalue weighted by Gasteiger charge is 2.22. The van der Waals surface area contributed by atoms with Crippen molar-refractivity contribution in [1.82, 2.24) is 10.6 Å². The van der Waals surface area contributed by atoms with Crippen LogP contribution >= 0.6 is 0 Å². The molecule has 2 rings (SSSR count). The largest absolute Gasteiger partial charge is 0.390 e. The topological polar surface area (TPSA) is 82.1 Å². The van der Waals surface area contributed by atoms with Crippen LogP contribution in [0.25, 0.3) is 11.1 Å². The molecular formula is C27H37N3O2. The Morgan fingerprint density at radius 3 is 2.59 bits per heavy atom. The van der Waals surface area contributed by atoms with Gasteiger partial charge in [0.05, 0.1) is 5.57 Å². The highest BCUT2D eigenvalue weighted by Crippen LogP contribution is 2.30. The molecule has 0 aliphatic carbocycles. The van der Waals surface area contributed by atoms with Crippen molar-refractivity contribution >= 4 is 28.9 Å². The van der Waals surface area contributed by atoms with E-state index < -0.39 is 0 Å². The van der Waals surface area contributed by atoms with Crippen LogP contribution in [0.4, 0.5) is 0 Å². The fourth-order valence-electron chi connectivity index (χ4n) is 3.92. The predicted molar refractivity (Wildman–Crippen MR) is 134 cm³/mol. The average molecular weight is 436 g/mol. The quantitative estimate of drug-likeness (QED) is 0.310. The van der Waals surface area contributed by atoms with E-state index in [0.29, 0.717) is 5.92 Å². The van der Waals surface area contributed by atoms with Crippen molar-refractivity contribution in [3.63, 3.8) is 0 Å². The molecule has 1 aliphatic rings. The van der Waals surface area contributed by atoms with E-state index in [1.807, 2.05) is 13.1 Å². The maximum absolute atomic E-state index is 12.8. The molecule has 0 saturated carbocycles. The van der Waals surface area contributed by atoms with Gasteiger partial charge < -0.3 is 16.0 Å². The third-order valence-electron chi connectivity index (χ3n) is 5.93. The van der Waals surface area contributed by atoms with Crippen LogP contribution in [0.2, 0.25) is 0 Å². The van der Waals surface area contributed by atoms with Crippen LogP contribution in [0.1, 0.15) is 70.2 Å². The molecule has 5 heteroatoms. The third-order valence-corrected chi connectivity index (χ3v) is 5.93. The van der Waals surface area contributed by atoms with Crippen molar-refractivity contribution in [2.75, 3.05) is 6.54 Å². The summed E-state index contributed by atoms with van der Waals surface area (Å²) in [5.74, 6) is -0.215. The Kier molecular flexibility index (Phi) is 9.18. The van der Waals surface area contributed by atoms with Gasteiger partial charge in [0, 0.05) is 36.8 Å². The predicted octanol–water partition coefficient (Wildman–Crippen LogP) is 4.85. The zero-order valence-electron chi connectivity index (χ0n) is 20.3. The molecule has 172 valence electrons. The zero-order valence-corrected chi connectivity index (χ0v) is 20.3. The summed E-state index contributed by atoms with van der Waals surface area (Å²) in [5, 5.41) is 14.6. The zero-order chi connectivity index (χ0) is 23.8. The minimum atomic E-state index is -0.274. The Morgan fingerprint density at radius 2 is 2.03 bits per heavy atom. The monoisotopic (exact) mass is 435 g/mol. The molecule has 0 aromatic heterocycles. The van der Waals surface area contributed by atoms with Crippen LogP contribution < -0.4 is 10.6 Å². The summed E-state index contributed by atoms with van der Waals surface area (Å²) in [4.78, 5) is 24.9. The molecule has 0 bridgehead atoms. The second kappa shape index (κ2) is 11.6. The second-order valence-corrected chi connectivity index (χ2v) is 8.75. The summed E-state index contributed by atoms with van der Waals surface area (Å²) in [6.45, 7) is 12.7. The maximum Gasteiger partial charge on any atom is 0.191 e. The van der Waals surface area contributed by atoms with E-state index in [1.165, 1.54) is 13.1 Å². The summed E-state index contributed by atoms with van der Waals surface area (Å²) in [6.07, 6.45) is 9.05. The van der Waals surface area contributed by atoms with Crippen molar-refractivity contribution < 1.29 is 9.59 Å². The lowest BCUT2D eigenvalue weighted by Crippen LogP contribution is -2.34. The number of allylic oxidation sites excluding steroid dienone is 4. The summed E-state index contributed by atoms with van der Waals surface area (Å²) in [5.41, 5.74) is 6.22. The van der Waals surface area contributed by atoms with Crippen molar-refractivity contribution in [3.8, 4) is 0 Å². The SMILES string of the molecule is CCCN/C=C(\C=N)c1cc2c(cc1CC)/C(C)=C/C(=O)/C(C(C)=O)=C\NC(C(C)C)C2. The van der Waals surface area contributed by atoms with Gasteiger partial charge in [0.1, 0.15) is 0 Å². The fourth-order valence-corrected chi connectivity index (χ4v) is 3.92. The molecule has 5 nitrogen and oxygen atoms in total. The molecule has 0 saturated heterocycles. The van der Waals surface area contributed by atoms with Gasteiger partial charge in [0.25, 0.3) is 0 Å². The number of hydrogen-bond donors (Lipinski definition) is 3. The van der Waals surface area contributed by atoms with E-state index in [9.17, 15) is 9.59 Å². The summed E-state index contributed by atoms with van der Waals surface area (Å²) < 4.78 is 0. The Balaban J connectivity index is 2.71. The van der Waals surface area contributed by atoms with Crippen LogP contribution in [-0.4, -0.2) is 30.4 Å². The van der Waals surface area contributed by atoms with Crippen LogP contribution in [0.5, 0.6) is 0 Å². The molecule has 0 radical (unpaired) electrons. The molecule has 1 aromatic carbocycles. The van der Waals surface area contributed by atoms with E-state index in [1.54, 1.807) is 12.3 Å². The van der Waals surface area contributed by atoms with Crippen molar-refractivity contribution in [3.05, 3.63) is 58.4 Å². The van der Waals surface area contributed by atoms with Gasteiger partial charge in [-0.05, 0) is 72.9 Å². The number of ketones is 2. The first kappa shape index (κ1) is 25.3. The summed E-state index contributed by atoms with van der Waals surface area (Å²) in [6, 6.07) is 4.39. The number of fused-ring (bicyclic) bond motifs is 1. The second-order valence-electron chi connectivity index (χ2n) is 8.75. The summed E-state index contributed by atoms with van der Waals surface area (Å²) in [7, 11) is 0. The number of hydrogen-bond acceptors (Lipinski definition) is 5. The Bertz CT molecular complexity index is 967. The number of Topliss-reactive ketones (excluding diaryl/α,β-unsaturated/α-hetero) is 1. The molecule has 3 N–H and O–H groups in total. The molecule has 1 heterocycles. The molecule has 32 heavy (non-hydrogen) atoms. The number of aryl methyl sites for hydroxylation is 1. The lowest BCUT2D eigenvalue weighted by atomic mass is 9.85. The fraction of sp³-hybridized carbons (Fsp3) is 0.444. The van der Waals surface area contributed by atoms with Gasteiger partial charge in [0.2, 0.25) is 0 Å². The number of benzene rings is 1. The first-order valence-electron chi connectivity index (χ1n) is 11.5. The van der Waals surface area contributed by atoms with Gasteiger partial charge in [-0.15, -0.1) is 0 Å². The normalized spacial score (nSPS) is 20.4. The van der Waals surface area contributed by atoms with Crippen LogP contribution in [-0.2, 0) is 22.4 Å². The molecule has 0 spiro atoms.